The number of carbonyl (C=O) groups excluding carboxylic acids is 1. The van der Waals surface area contributed by atoms with Crippen LogP contribution in [0.1, 0.15) is 45.1 Å². The van der Waals surface area contributed by atoms with Crippen molar-refractivity contribution in [3.05, 3.63) is 23.8 Å². The molecule has 126 valence electrons. The van der Waals surface area contributed by atoms with Crippen molar-refractivity contribution in [2.24, 2.45) is 0 Å². The van der Waals surface area contributed by atoms with Gasteiger partial charge in [-0.25, -0.2) is 4.79 Å². The number of ether oxygens (including phenoxy) is 2. The van der Waals surface area contributed by atoms with Crippen LogP contribution in [-0.2, 0) is 4.74 Å². The summed E-state index contributed by atoms with van der Waals surface area (Å²) in [5.74, 6) is 1.25. The van der Waals surface area contributed by atoms with Gasteiger partial charge in [0.15, 0.2) is 0 Å². The molecule has 23 heavy (non-hydrogen) atoms. The first-order valence-electron chi connectivity index (χ1n) is 8.41. The minimum atomic E-state index is -0.455. The van der Waals surface area contributed by atoms with Gasteiger partial charge in [-0.3, -0.25) is 0 Å². The summed E-state index contributed by atoms with van der Waals surface area (Å²) in [4.78, 5) is 14.2. The molecule has 3 rings (SSSR count). The highest BCUT2D eigenvalue weighted by atomic mass is 16.6. The molecule has 0 saturated carbocycles. The fourth-order valence-corrected chi connectivity index (χ4v) is 3.24. The number of likely N-dealkylation sites (tertiary alicyclic amines) is 1. The second-order valence-corrected chi connectivity index (χ2v) is 7.26. The summed E-state index contributed by atoms with van der Waals surface area (Å²) in [5, 5.41) is 3.38. The summed E-state index contributed by atoms with van der Waals surface area (Å²) >= 11 is 0. The predicted octanol–water partition coefficient (Wildman–Crippen LogP) is 3.61. The maximum Gasteiger partial charge on any atom is 0.410 e. The number of benzene rings is 1. The van der Waals surface area contributed by atoms with E-state index in [1.165, 1.54) is 5.56 Å². The molecule has 5 heteroatoms. The number of hydrogen-bond acceptors (Lipinski definition) is 4. The number of para-hydroxylation sites is 1. The zero-order valence-corrected chi connectivity index (χ0v) is 14.2. The van der Waals surface area contributed by atoms with Crippen LogP contribution in [-0.4, -0.2) is 42.8 Å². The molecule has 2 aliphatic rings. The molecule has 5 nitrogen and oxygen atoms in total. The van der Waals surface area contributed by atoms with Crippen LogP contribution in [0.15, 0.2) is 18.2 Å². The average molecular weight is 318 g/mol. The minimum Gasteiger partial charge on any atom is -0.489 e. The lowest BCUT2D eigenvalue weighted by Gasteiger charge is -2.35. The number of anilines is 1. The zero-order valence-electron chi connectivity index (χ0n) is 14.2. The molecule has 2 aliphatic heterocycles. The Bertz CT molecular complexity index is 580. The Kier molecular flexibility index (Phi) is 4.37. The molecule has 0 bridgehead atoms. The van der Waals surface area contributed by atoms with Gasteiger partial charge >= 0.3 is 6.09 Å². The molecule has 1 amide bonds. The van der Waals surface area contributed by atoms with Gasteiger partial charge in [0.2, 0.25) is 0 Å². The molecule has 1 N–H and O–H groups in total. The first kappa shape index (κ1) is 16.0. The normalized spacial score (nSPS) is 21.0. The highest BCUT2D eigenvalue weighted by molar-refractivity contribution is 5.69. The van der Waals surface area contributed by atoms with Crippen LogP contribution in [0, 0.1) is 0 Å². The van der Waals surface area contributed by atoms with Gasteiger partial charge in [0.1, 0.15) is 18.0 Å². The average Bonchev–Trinajstić information content (AvgIpc) is 2.53. The molecule has 1 aromatic rings. The third kappa shape index (κ3) is 3.71. The Morgan fingerprint density at radius 2 is 2.22 bits per heavy atom. The Balaban J connectivity index is 1.75. The summed E-state index contributed by atoms with van der Waals surface area (Å²) in [6.07, 6.45) is 1.84. The molecule has 1 fully saturated rings. The van der Waals surface area contributed by atoms with Crippen LogP contribution in [0.5, 0.6) is 5.75 Å². The monoisotopic (exact) mass is 318 g/mol. The lowest BCUT2D eigenvalue weighted by atomic mass is 9.89. The van der Waals surface area contributed by atoms with E-state index in [-0.39, 0.29) is 6.09 Å². The van der Waals surface area contributed by atoms with Crippen molar-refractivity contribution in [3.8, 4) is 5.75 Å². The van der Waals surface area contributed by atoms with Crippen LogP contribution < -0.4 is 10.1 Å². The quantitative estimate of drug-likeness (QED) is 0.859. The maximum absolute atomic E-state index is 12.3. The molecule has 1 atom stereocenters. The zero-order chi connectivity index (χ0) is 16.4. The Morgan fingerprint density at radius 3 is 3.00 bits per heavy atom. The number of amides is 1. The van der Waals surface area contributed by atoms with Gasteiger partial charge in [0, 0.05) is 31.1 Å². The van der Waals surface area contributed by atoms with Crippen molar-refractivity contribution in [2.75, 3.05) is 31.6 Å². The fourth-order valence-electron chi connectivity index (χ4n) is 3.24. The van der Waals surface area contributed by atoms with Gasteiger partial charge in [-0.1, -0.05) is 12.1 Å². The molecule has 1 aromatic carbocycles. The molecular weight excluding hydrogens is 292 g/mol. The molecule has 2 heterocycles. The number of fused-ring (bicyclic) bond motifs is 1. The molecule has 1 unspecified atom stereocenters. The SMILES string of the molecule is CC(C)(C)OC(=O)N1CCCC(c2cccc3c2OCCN3)C1. The summed E-state index contributed by atoms with van der Waals surface area (Å²) in [7, 11) is 0. The van der Waals surface area contributed by atoms with Crippen molar-refractivity contribution >= 4 is 11.8 Å². The number of rotatable bonds is 1. The van der Waals surface area contributed by atoms with E-state index >= 15 is 0 Å². The Morgan fingerprint density at radius 1 is 1.39 bits per heavy atom. The van der Waals surface area contributed by atoms with E-state index in [9.17, 15) is 4.79 Å². The second-order valence-electron chi connectivity index (χ2n) is 7.26. The first-order valence-corrected chi connectivity index (χ1v) is 8.41. The van der Waals surface area contributed by atoms with Crippen molar-refractivity contribution in [1.82, 2.24) is 4.90 Å². The summed E-state index contributed by atoms with van der Waals surface area (Å²) in [6, 6.07) is 6.23. The highest BCUT2D eigenvalue weighted by Crippen LogP contribution is 2.39. The van der Waals surface area contributed by atoms with Crippen molar-refractivity contribution < 1.29 is 14.3 Å². The van der Waals surface area contributed by atoms with Gasteiger partial charge in [0.05, 0.1) is 5.69 Å². The second kappa shape index (κ2) is 6.30. The Labute approximate surface area is 137 Å². The van der Waals surface area contributed by atoms with Gasteiger partial charge in [-0.05, 0) is 39.7 Å². The molecular formula is C18H26N2O3. The fraction of sp³-hybridized carbons (Fsp3) is 0.611. The van der Waals surface area contributed by atoms with E-state index in [0.717, 1.165) is 37.4 Å². The lowest BCUT2D eigenvalue weighted by molar-refractivity contribution is 0.0197. The number of nitrogens with one attached hydrogen (secondary N) is 1. The molecule has 1 saturated heterocycles. The first-order chi connectivity index (χ1) is 10.9. The van der Waals surface area contributed by atoms with E-state index in [1.807, 2.05) is 31.7 Å². The smallest absolute Gasteiger partial charge is 0.410 e. The van der Waals surface area contributed by atoms with E-state index in [1.54, 1.807) is 0 Å². The van der Waals surface area contributed by atoms with Crippen LogP contribution in [0.3, 0.4) is 0 Å². The Hall–Kier alpha value is -1.91. The summed E-state index contributed by atoms with van der Waals surface area (Å²) in [5.41, 5.74) is 1.80. The van der Waals surface area contributed by atoms with Gasteiger partial charge in [0.25, 0.3) is 0 Å². The van der Waals surface area contributed by atoms with E-state index in [0.29, 0.717) is 19.1 Å². The number of hydrogen-bond donors (Lipinski definition) is 1. The molecule has 0 radical (unpaired) electrons. The third-order valence-electron chi connectivity index (χ3n) is 4.22. The van der Waals surface area contributed by atoms with Crippen LogP contribution >= 0.6 is 0 Å². The van der Waals surface area contributed by atoms with E-state index < -0.39 is 5.60 Å². The molecule has 0 spiro atoms. The molecule has 0 aliphatic carbocycles. The van der Waals surface area contributed by atoms with Gasteiger partial charge < -0.3 is 19.7 Å². The number of piperidine rings is 1. The van der Waals surface area contributed by atoms with Crippen molar-refractivity contribution in [2.45, 2.75) is 45.1 Å². The van der Waals surface area contributed by atoms with Gasteiger partial charge in [-0.15, -0.1) is 0 Å². The van der Waals surface area contributed by atoms with E-state index in [4.69, 9.17) is 9.47 Å². The third-order valence-corrected chi connectivity index (χ3v) is 4.22. The number of nitrogens with zero attached hydrogens (tertiary/aromatic N) is 1. The number of carbonyl (C=O) groups is 1. The summed E-state index contributed by atoms with van der Waals surface area (Å²) in [6.45, 7) is 8.68. The summed E-state index contributed by atoms with van der Waals surface area (Å²) < 4.78 is 11.4. The highest BCUT2D eigenvalue weighted by Gasteiger charge is 2.30. The van der Waals surface area contributed by atoms with E-state index in [2.05, 4.69) is 17.4 Å². The van der Waals surface area contributed by atoms with Crippen LogP contribution in [0.2, 0.25) is 0 Å². The van der Waals surface area contributed by atoms with Gasteiger partial charge in [-0.2, -0.15) is 0 Å². The van der Waals surface area contributed by atoms with Crippen molar-refractivity contribution in [3.63, 3.8) is 0 Å². The van der Waals surface area contributed by atoms with Crippen molar-refractivity contribution in [1.29, 1.82) is 0 Å². The predicted molar refractivity (Wildman–Crippen MR) is 90.2 cm³/mol. The van der Waals surface area contributed by atoms with Crippen LogP contribution in [0.4, 0.5) is 10.5 Å². The standard InChI is InChI=1S/C18H26N2O3/c1-18(2,3)23-17(21)20-10-5-6-13(12-20)14-7-4-8-15-16(14)22-11-9-19-15/h4,7-8,13,19H,5-6,9-12H2,1-3H3. The minimum absolute atomic E-state index is 0.217. The maximum atomic E-state index is 12.3. The molecule has 0 aromatic heterocycles. The largest absolute Gasteiger partial charge is 0.489 e. The van der Waals surface area contributed by atoms with Crippen LogP contribution in [0.25, 0.3) is 0 Å². The topological polar surface area (TPSA) is 50.8 Å². The lowest BCUT2D eigenvalue weighted by Crippen LogP contribution is -2.42.